The van der Waals surface area contributed by atoms with E-state index in [1.807, 2.05) is 24.3 Å². The molecule has 0 aromatic heterocycles. The normalized spacial score (nSPS) is 19.9. The van der Waals surface area contributed by atoms with E-state index in [-0.39, 0.29) is 5.97 Å². The molecule has 27 heavy (non-hydrogen) atoms. The van der Waals surface area contributed by atoms with Gasteiger partial charge in [-0.05, 0) is 48.4 Å². The highest BCUT2D eigenvalue weighted by Gasteiger charge is 2.21. The van der Waals surface area contributed by atoms with Crippen LogP contribution >= 0.6 is 0 Å². The maximum atomic E-state index is 11.1. The van der Waals surface area contributed by atoms with E-state index < -0.39 is 0 Å². The first kappa shape index (κ1) is 21.5. The first-order chi connectivity index (χ1) is 13.2. The van der Waals surface area contributed by atoms with Crippen molar-refractivity contribution in [2.24, 2.45) is 11.8 Å². The molecule has 3 heteroatoms. The van der Waals surface area contributed by atoms with Crippen LogP contribution in [0.5, 0.6) is 5.75 Å². The van der Waals surface area contributed by atoms with Crippen LogP contribution < -0.4 is 4.74 Å². The molecule has 0 aliphatic heterocycles. The van der Waals surface area contributed by atoms with E-state index in [0.29, 0.717) is 5.92 Å². The molecule has 0 atom stereocenters. The van der Waals surface area contributed by atoms with Crippen molar-refractivity contribution in [3.05, 3.63) is 35.9 Å². The van der Waals surface area contributed by atoms with Crippen molar-refractivity contribution < 1.29 is 14.3 Å². The average Bonchev–Trinajstić information content (AvgIpc) is 2.72. The lowest BCUT2D eigenvalue weighted by molar-refractivity contribution is -0.134. The van der Waals surface area contributed by atoms with Crippen molar-refractivity contribution in [1.82, 2.24) is 0 Å². The summed E-state index contributed by atoms with van der Waals surface area (Å²) in [6.45, 7) is 3.10. The number of ether oxygens (including phenoxy) is 2. The minimum atomic E-state index is -0.341. The Balaban J connectivity index is 1.62. The largest absolute Gasteiger partial charge is 0.493 e. The average molecular weight is 373 g/mol. The Morgan fingerprint density at radius 2 is 1.67 bits per heavy atom. The van der Waals surface area contributed by atoms with Crippen molar-refractivity contribution in [2.75, 3.05) is 13.7 Å². The van der Waals surface area contributed by atoms with Crippen LogP contribution in [0.4, 0.5) is 0 Å². The summed E-state index contributed by atoms with van der Waals surface area (Å²) < 4.78 is 10.6. The second kappa shape index (κ2) is 12.6. The fourth-order valence-corrected chi connectivity index (χ4v) is 3.84. The molecular weight excluding hydrogens is 336 g/mol. The van der Waals surface area contributed by atoms with Gasteiger partial charge in [0.25, 0.3) is 0 Å². The van der Waals surface area contributed by atoms with Crippen molar-refractivity contribution >= 4 is 12.0 Å². The number of hydrogen-bond donors (Lipinski definition) is 0. The Hall–Kier alpha value is -1.77. The molecule has 0 spiro atoms. The van der Waals surface area contributed by atoms with Crippen LogP contribution in [-0.4, -0.2) is 19.7 Å². The van der Waals surface area contributed by atoms with Gasteiger partial charge in [-0.3, -0.25) is 0 Å². The molecule has 1 aromatic rings. The van der Waals surface area contributed by atoms with Gasteiger partial charge in [0.05, 0.1) is 13.7 Å². The molecule has 1 aromatic carbocycles. The Kier molecular flexibility index (Phi) is 10.0. The predicted octanol–water partition coefficient (Wildman–Crippen LogP) is 6.42. The van der Waals surface area contributed by atoms with Crippen LogP contribution in [0.2, 0.25) is 0 Å². The molecule has 3 nitrogen and oxygen atoms in total. The van der Waals surface area contributed by atoms with Gasteiger partial charge < -0.3 is 9.47 Å². The third-order valence-electron chi connectivity index (χ3n) is 5.66. The summed E-state index contributed by atoms with van der Waals surface area (Å²) in [6, 6.07) is 7.87. The highest BCUT2D eigenvalue weighted by Crippen LogP contribution is 2.32. The van der Waals surface area contributed by atoms with Crippen molar-refractivity contribution in [1.29, 1.82) is 0 Å². The summed E-state index contributed by atoms with van der Waals surface area (Å²) in [7, 11) is 1.38. The summed E-state index contributed by atoms with van der Waals surface area (Å²) in [5.41, 5.74) is 0.965. The zero-order valence-electron chi connectivity index (χ0n) is 17.1. The van der Waals surface area contributed by atoms with Gasteiger partial charge in [0.1, 0.15) is 5.75 Å². The first-order valence-electron chi connectivity index (χ1n) is 10.7. The van der Waals surface area contributed by atoms with E-state index in [2.05, 4.69) is 11.7 Å². The highest BCUT2D eigenvalue weighted by molar-refractivity contribution is 5.86. The van der Waals surface area contributed by atoms with Gasteiger partial charge in [-0.15, -0.1) is 0 Å². The SMILES string of the molecule is CCCCCCCC1CCC(COc2ccc(C=CC(=O)OC)cc2)CC1. The molecule has 150 valence electrons. The zero-order valence-corrected chi connectivity index (χ0v) is 17.1. The second-order valence-electron chi connectivity index (χ2n) is 7.83. The van der Waals surface area contributed by atoms with Gasteiger partial charge in [0.15, 0.2) is 0 Å². The Labute approximate surface area is 165 Å². The summed E-state index contributed by atoms with van der Waals surface area (Å²) in [6.07, 6.45) is 16.9. The summed E-state index contributed by atoms with van der Waals surface area (Å²) >= 11 is 0. The fraction of sp³-hybridized carbons (Fsp3) is 0.625. The summed E-state index contributed by atoms with van der Waals surface area (Å²) in [4.78, 5) is 11.1. The van der Waals surface area contributed by atoms with Crippen LogP contribution in [0, 0.1) is 11.8 Å². The van der Waals surface area contributed by atoms with Crippen molar-refractivity contribution in [3.8, 4) is 5.75 Å². The smallest absolute Gasteiger partial charge is 0.330 e. The highest BCUT2D eigenvalue weighted by atomic mass is 16.5. The van der Waals surface area contributed by atoms with Crippen molar-refractivity contribution in [2.45, 2.75) is 71.1 Å². The third kappa shape index (κ3) is 8.64. The molecule has 0 N–H and O–H groups in total. The quantitative estimate of drug-likeness (QED) is 0.255. The topological polar surface area (TPSA) is 35.5 Å². The van der Waals surface area contributed by atoms with E-state index in [4.69, 9.17) is 4.74 Å². The van der Waals surface area contributed by atoms with Crippen LogP contribution in [-0.2, 0) is 9.53 Å². The number of hydrogen-bond acceptors (Lipinski definition) is 3. The number of unbranched alkanes of at least 4 members (excludes halogenated alkanes) is 4. The number of rotatable bonds is 11. The minimum absolute atomic E-state index is 0.341. The van der Waals surface area contributed by atoms with Gasteiger partial charge in [0.2, 0.25) is 0 Å². The first-order valence-corrected chi connectivity index (χ1v) is 10.7. The number of methoxy groups -OCH3 is 1. The molecule has 0 heterocycles. The summed E-state index contributed by atoms with van der Waals surface area (Å²) in [5, 5.41) is 0. The van der Waals surface area contributed by atoms with Gasteiger partial charge in [-0.2, -0.15) is 0 Å². The van der Waals surface area contributed by atoms with Crippen LogP contribution in [0.3, 0.4) is 0 Å². The lowest BCUT2D eigenvalue weighted by Crippen LogP contribution is -2.20. The molecule has 0 bridgehead atoms. The third-order valence-corrected chi connectivity index (χ3v) is 5.66. The summed E-state index contributed by atoms with van der Waals surface area (Å²) in [5.74, 6) is 2.21. The zero-order chi connectivity index (χ0) is 19.3. The predicted molar refractivity (Wildman–Crippen MR) is 112 cm³/mol. The lowest BCUT2D eigenvalue weighted by Gasteiger charge is -2.28. The van der Waals surface area contributed by atoms with Gasteiger partial charge in [0, 0.05) is 6.08 Å². The van der Waals surface area contributed by atoms with Crippen LogP contribution in [0.15, 0.2) is 30.3 Å². The fourth-order valence-electron chi connectivity index (χ4n) is 3.84. The Bertz CT molecular complexity index is 553. The van der Waals surface area contributed by atoms with Gasteiger partial charge >= 0.3 is 5.97 Å². The molecular formula is C24H36O3. The lowest BCUT2D eigenvalue weighted by atomic mass is 9.80. The number of carbonyl (C=O) groups is 1. The van der Waals surface area contributed by atoms with Crippen LogP contribution in [0.25, 0.3) is 6.08 Å². The molecule has 1 fully saturated rings. The molecule has 0 saturated heterocycles. The van der Waals surface area contributed by atoms with E-state index >= 15 is 0 Å². The molecule has 1 saturated carbocycles. The monoisotopic (exact) mass is 372 g/mol. The Morgan fingerprint density at radius 3 is 2.33 bits per heavy atom. The molecule has 1 aliphatic rings. The Morgan fingerprint density at radius 1 is 1.00 bits per heavy atom. The molecule has 0 amide bonds. The molecule has 0 unspecified atom stereocenters. The van der Waals surface area contributed by atoms with Gasteiger partial charge in [-0.1, -0.05) is 70.4 Å². The van der Waals surface area contributed by atoms with E-state index in [0.717, 1.165) is 23.8 Å². The van der Waals surface area contributed by atoms with Gasteiger partial charge in [-0.25, -0.2) is 4.79 Å². The van der Waals surface area contributed by atoms with E-state index in [1.165, 1.54) is 77.4 Å². The molecule has 1 aliphatic carbocycles. The second-order valence-corrected chi connectivity index (χ2v) is 7.83. The number of benzene rings is 1. The molecule has 2 rings (SSSR count). The number of carbonyl (C=O) groups excluding carboxylic acids is 1. The van der Waals surface area contributed by atoms with E-state index in [1.54, 1.807) is 6.08 Å². The van der Waals surface area contributed by atoms with Crippen LogP contribution in [0.1, 0.15) is 76.7 Å². The van der Waals surface area contributed by atoms with Crippen molar-refractivity contribution in [3.63, 3.8) is 0 Å². The number of esters is 1. The standard InChI is InChI=1S/C24H36O3/c1-3-4-5-6-7-8-20-9-11-22(12-10-20)19-27-23-16-13-21(14-17-23)15-18-24(25)26-2/h13-18,20,22H,3-12,19H2,1-2H3. The maximum absolute atomic E-state index is 11.1. The van der Waals surface area contributed by atoms with E-state index in [9.17, 15) is 4.79 Å². The minimum Gasteiger partial charge on any atom is -0.493 e. The maximum Gasteiger partial charge on any atom is 0.330 e. The molecule has 0 radical (unpaired) electrons.